The van der Waals surface area contributed by atoms with Gasteiger partial charge in [-0.05, 0) is 37.3 Å². The zero-order valence-electron chi connectivity index (χ0n) is 17.0. The molecule has 0 aromatic carbocycles. The molecule has 30 heavy (non-hydrogen) atoms. The molecule has 0 bridgehead atoms. The third kappa shape index (κ3) is 3.44. The van der Waals surface area contributed by atoms with Crippen LogP contribution in [0, 0.1) is 12.8 Å². The van der Waals surface area contributed by atoms with Gasteiger partial charge < -0.3 is 10.1 Å². The van der Waals surface area contributed by atoms with Crippen molar-refractivity contribution >= 4 is 23.6 Å². The molecular weight excluding hydrogens is 388 g/mol. The topological polar surface area (TPSA) is 110 Å². The molecule has 3 amide bonds. The van der Waals surface area contributed by atoms with Crippen LogP contribution in [0.1, 0.15) is 43.9 Å². The molecule has 3 heterocycles. The van der Waals surface area contributed by atoms with Crippen molar-refractivity contribution in [2.45, 2.75) is 51.7 Å². The number of aromatic nitrogens is 2. The summed E-state index contributed by atoms with van der Waals surface area (Å²) in [5, 5.41) is 2.80. The minimum atomic E-state index is -0.914. The van der Waals surface area contributed by atoms with Gasteiger partial charge in [0, 0.05) is 12.3 Å². The Balaban J connectivity index is 1.42. The molecule has 1 N–H and O–H groups in total. The van der Waals surface area contributed by atoms with E-state index in [1.807, 2.05) is 19.9 Å². The fourth-order valence-electron chi connectivity index (χ4n) is 4.30. The lowest BCUT2D eigenvalue weighted by molar-refractivity contribution is -0.149. The first-order valence-corrected chi connectivity index (χ1v) is 10.1. The molecule has 9 nitrogen and oxygen atoms in total. The first-order chi connectivity index (χ1) is 14.3. The Morgan fingerprint density at radius 1 is 1.30 bits per heavy atom. The number of carbonyl (C=O) groups is 3. The van der Waals surface area contributed by atoms with Gasteiger partial charge in [-0.15, -0.1) is 0 Å². The third-order valence-corrected chi connectivity index (χ3v) is 6.03. The van der Waals surface area contributed by atoms with Gasteiger partial charge >= 0.3 is 12.0 Å². The number of hydrogen-bond donors (Lipinski definition) is 1. The highest BCUT2D eigenvalue weighted by atomic mass is 16.5. The van der Waals surface area contributed by atoms with Crippen LogP contribution >= 0.6 is 0 Å². The second-order valence-corrected chi connectivity index (χ2v) is 8.12. The Hall–Kier alpha value is -3.23. The van der Waals surface area contributed by atoms with Gasteiger partial charge in [0.2, 0.25) is 0 Å². The molecule has 2 aromatic heterocycles. The van der Waals surface area contributed by atoms with Crippen LogP contribution < -0.4 is 10.9 Å². The number of hydrogen-bond acceptors (Lipinski definition) is 6. The predicted molar refractivity (Wildman–Crippen MR) is 107 cm³/mol. The number of aryl methyl sites for hydroxylation is 1. The molecule has 158 valence electrons. The van der Waals surface area contributed by atoms with E-state index in [0.717, 1.165) is 29.7 Å². The van der Waals surface area contributed by atoms with Crippen LogP contribution in [0.3, 0.4) is 0 Å². The fourth-order valence-corrected chi connectivity index (χ4v) is 4.30. The molecule has 1 saturated heterocycles. The van der Waals surface area contributed by atoms with E-state index >= 15 is 0 Å². The van der Waals surface area contributed by atoms with Crippen LogP contribution in [0.4, 0.5) is 4.79 Å². The van der Waals surface area contributed by atoms with Crippen LogP contribution in [0.25, 0.3) is 5.65 Å². The molecule has 4 rings (SSSR count). The highest BCUT2D eigenvalue weighted by Crippen LogP contribution is 2.38. The molecule has 2 aromatic rings. The molecule has 2 aliphatic rings. The Bertz CT molecular complexity index is 1090. The molecule has 1 saturated carbocycles. The van der Waals surface area contributed by atoms with E-state index in [9.17, 15) is 19.2 Å². The average molecular weight is 412 g/mol. The Kier molecular flexibility index (Phi) is 5.05. The SMILES string of the molecule is Cc1ccc2nc(COC(=O)CN3C(=O)N[C@@]4(CCCC[C@H]4C)C3=O)cc(=O)n2c1. The normalized spacial score (nSPS) is 23.8. The molecule has 1 aliphatic heterocycles. The first-order valence-electron chi connectivity index (χ1n) is 10.1. The Labute approximate surface area is 173 Å². The summed E-state index contributed by atoms with van der Waals surface area (Å²) in [4.78, 5) is 55.1. The van der Waals surface area contributed by atoms with Crippen molar-refractivity contribution in [3.8, 4) is 0 Å². The van der Waals surface area contributed by atoms with Crippen molar-refractivity contribution in [3.63, 3.8) is 0 Å². The molecule has 1 aliphatic carbocycles. The number of rotatable bonds is 4. The fraction of sp³-hybridized carbons (Fsp3) is 0.476. The Morgan fingerprint density at radius 3 is 2.87 bits per heavy atom. The number of nitrogens with zero attached hydrogens (tertiary/aromatic N) is 3. The van der Waals surface area contributed by atoms with Crippen molar-refractivity contribution in [1.29, 1.82) is 0 Å². The van der Waals surface area contributed by atoms with E-state index in [2.05, 4.69) is 10.3 Å². The van der Waals surface area contributed by atoms with E-state index in [-0.39, 0.29) is 24.0 Å². The molecule has 1 spiro atoms. The van der Waals surface area contributed by atoms with Crippen LogP contribution in [0.5, 0.6) is 0 Å². The van der Waals surface area contributed by atoms with Crippen molar-refractivity contribution in [2.75, 3.05) is 6.54 Å². The number of amides is 3. The lowest BCUT2D eigenvalue weighted by Crippen LogP contribution is -2.54. The summed E-state index contributed by atoms with van der Waals surface area (Å²) in [5.41, 5.74) is 0.469. The number of esters is 1. The number of carbonyl (C=O) groups excluding carboxylic acids is 3. The van der Waals surface area contributed by atoms with Gasteiger partial charge in [-0.25, -0.2) is 9.78 Å². The predicted octanol–water partition coefficient (Wildman–Crippen LogP) is 1.55. The van der Waals surface area contributed by atoms with Gasteiger partial charge in [-0.1, -0.05) is 25.8 Å². The Morgan fingerprint density at radius 2 is 2.10 bits per heavy atom. The monoisotopic (exact) mass is 412 g/mol. The van der Waals surface area contributed by atoms with E-state index < -0.39 is 24.1 Å². The molecule has 0 radical (unpaired) electrons. The zero-order chi connectivity index (χ0) is 21.5. The van der Waals surface area contributed by atoms with Gasteiger partial charge in [0.25, 0.3) is 11.5 Å². The average Bonchev–Trinajstić information content (AvgIpc) is 2.94. The van der Waals surface area contributed by atoms with Crippen molar-refractivity contribution in [2.24, 2.45) is 5.92 Å². The maximum absolute atomic E-state index is 12.9. The summed E-state index contributed by atoms with van der Waals surface area (Å²) < 4.78 is 6.61. The zero-order valence-corrected chi connectivity index (χ0v) is 17.0. The second-order valence-electron chi connectivity index (χ2n) is 8.12. The van der Waals surface area contributed by atoms with Gasteiger partial charge in [-0.3, -0.25) is 23.7 Å². The van der Waals surface area contributed by atoms with Crippen LogP contribution in [-0.4, -0.2) is 44.3 Å². The molecule has 2 atom stereocenters. The van der Waals surface area contributed by atoms with Crippen LogP contribution in [0.2, 0.25) is 0 Å². The number of fused-ring (bicyclic) bond motifs is 1. The largest absolute Gasteiger partial charge is 0.458 e. The number of ether oxygens (including phenoxy) is 1. The number of pyridine rings is 1. The van der Waals surface area contributed by atoms with Crippen LogP contribution in [0.15, 0.2) is 29.2 Å². The minimum absolute atomic E-state index is 0.0159. The van der Waals surface area contributed by atoms with Crippen molar-refractivity contribution in [3.05, 3.63) is 46.0 Å². The maximum atomic E-state index is 12.9. The van der Waals surface area contributed by atoms with Crippen molar-refractivity contribution < 1.29 is 19.1 Å². The molecule has 2 fully saturated rings. The van der Waals surface area contributed by atoms with Gasteiger partial charge in [0.1, 0.15) is 24.3 Å². The van der Waals surface area contributed by atoms with Crippen LogP contribution in [-0.2, 0) is 20.9 Å². The first kappa shape index (κ1) is 20.1. The summed E-state index contributed by atoms with van der Waals surface area (Å²) in [6.07, 6.45) is 4.99. The molecule has 0 unspecified atom stereocenters. The van der Waals surface area contributed by atoms with E-state index in [0.29, 0.717) is 17.8 Å². The smallest absolute Gasteiger partial charge is 0.326 e. The minimum Gasteiger partial charge on any atom is -0.458 e. The lowest BCUT2D eigenvalue weighted by atomic mass is 9.73. The second kappa shape index (κ2) is 7.55. The van der Waals surface area contributed by atoms with E-state index in [1.54, 1.807) is 12.3 Å². The van der Waals surface area contributed by atoms with Gasteiger partial charge in [0.15, 0.2) is 0 Å². The summed E-state index contributed by atoms with van der Waals surface area (Å²) in [7, 11) is 0. The summed E-state index contributed by atoms with van der Waals surface area (Å²) >= 11 is 0. The third-order valence-electron chi connectivity index (χ3n) is 6.03. The van der Waals surface area contributed by atoms with Gasteiger partial charge in [0.05, 0.1) is 5.69 Å². The maximum Gasteiger partial charge on any atom is 0.326 e. The quantitative estimate of drug-likeness (QED) is 0.603. The summed E-state index contributed by atoms with van der Waals surface area (Å²) in [5.74, 6) is -1.08. The van der Waals surface area contributed by atoms with E-state index in [4.69, 9.17) is 4.74 Å². The lowest BCUT2D eigenvalue weighted by Gasteiger charge is -2.36. The number of urea groups is 1. The highest BCUT2D eigenvalue weighted by molar-refractivity contribution is 6.08. The van der Waals surface area contributed by atoms with Gasteiger partial charge in [-0.2, -0.15) is 0 Å². The highest BCUT2D eigenvalue weighted by Gasteiger charge is 2.55. The molecular formula is C21H24N4O5. The van der Waals surface area contributed by atoms with Crippen molar-refractivity contribution in [1.82, 2.24) is 19.6 Å². The van der Waals surface area contributed by atoms with E-state index in [1.165, 1.54) is 10.5 Å². The number of imide groups is 1. The number of nitrogens with one attached hydrogen (secondary N) is 1. The standard InChI is InChI=1S/C21H24N4O5/c1-13-6-7-16-22-15(9-17(26)24(16)10-13)12-30-18(27)11-25-19(28)21(23-20(25)29)8-4-3-5-14(21)2/h6-7,9-10,14H,3-5,8,11-12H2,1-2H3,(H,23,29)/t14-,21-/m1/s1. The molecule has 9 heteroatoms. The summed E-state index contributed by atoms with van der Waals surface area (Å²) in [6.45, 7) is 3.13. The summed E-state index contributed by atoms with van der Waals surface area (Å²) in [6, 6.07) is 4.27.